The van der Waals surface area contributed by atoms with Crippen molar-refractivity contribution in [3.8, 4) is 0 Å². The lowest BCUT2D eigenvalue weighted by molar-refractivity contribution is 0.218. The van der Waals surface area contributed by atoms with Gasteiger partial charge in [-0.05, 0) is 55.3 Å². The Morgan fingerprint density at radius 1 is 1.48 bits per heavy atom. The van der Waals surface area contributed by atoms with Crippen LogP contribution >= 0.6 is 23.6 Å². The summed E-state index contributed by atoms with van der Waals surface area (Å²) in [5.74, 6) is 0.670. The van der Waals surface area contributed by atoms with Gasteiger partial charge in [-0.25, -0.2) is 0 Å². The monoisotopic (exact) mass is 348 g/mol. The van der Waals surface area contributed by atoms with Crippen LogP contribution < -0.4 is 5.56 Å². The van der Waals surface area contributed by atoms with Crippen molar-refractivity contribution in [3.63, 3.8) is 0 Å². The predicted octanol–water partition coefficient (Wildman–Crippen LogP) is 4.85. The Kier molecular flexibility index (Phi) is 4.13. The highest BCUT2D eigenvalue weighted by atomic mass is 32.1. The molecule has 1 aliphatic rings. The van der Waals surface area contributed by atoms with E-state index in [0.717, 1.165) is 35.1 Å². The van der Waals surface area contributed by atoms with Crippen molar-refractivity contribution in [3.05, 3.63) is 37.7 Å². The summed E-state index contributed by atoms with van der Waals surface area (Å²) in [6, 6.07) is 0. The Morgan fingerprint density at radius 2 is 2.17 bits per heavy atom. The number of nitrogens with zero attached hydrogens (tertiary/aromatic N) is 1. The van der Waals surface area contributed by atoms with E-state index in [9.17, 15) is 4.79 Å². The quantitative estimate of drug-likeness (QED) is 0.622. The SMILES string of the molecule is C=C(C)Cn1c(=S)[nH]c2sc3c(c2c1=O)CCC(C(C)(C)C)C3. The first-order valence-corrected chi connectivity index (χ1v) is 9.32. The van der Waals surface area contributed by atoms with Crippen molar-refractivity contribution in [2.24, 2.45) is 11.3 Å². The van der Waals surface area contributed by atoms with Crippen molar-refractivity contribution in [1.82, 2.24) is 9.55 Å². The van der Waals surface area contributed by atoms with Gasteiger partial charge >= 0.3 is 0 Å². The van der Waals surface area contributed by atoms with Gasteiger partial charge < -0.3 is 4.98 Å². The minimum absolute atomic E-state index is 0.0402. The fourth-order valence-corrected chi connectivity index (χ4v) is 5.08. The second-order valence-electron chi connectivity index (χ2n) is 7.79. The van der Waals surface area contributed by atoms with Crippen LogP contribution in [0.5, 0.6) is 0 Å². The molecule has 23 heavy (non-hydrogen) atoms. The molecule has 0 aliphatic heterocycles. The van der Waals surface area contributed by atoms with Gasteiger partial charge in [-0.2, -0.15) is 0 Å². The highest BCUT2D eigenvalue weighted by molar-refractivity contribution is 7.71. The smallest absolute Gasteiger partial charge is 0.263 e. The normalized spacial score (nSPS) is 18.2. The lowest BCUT2D eigenvalue weighted by atomic mass is 9.72. The molecule has 3 nitrogen and oxygen atoms in total. The van der Waals surface area contributed by atoms with Crippen LogP contribution in [0, 0.1) is 16.1 Å². The van der Waals surface area contributed by atoms with Crippen molar-refractivity contribution in [2.75, 3.05) is 0 Å². The molecule has 1 aliphatic carbocycles. The molecule has 0 aromatic carbocycles. The zero-order valence-electron chi connectivity index (χ0n) is 14.3. The number of thiophene rings is 1. The maximum absolute atomic E-state index is 12.9. The van der Waals surface area contributed by atoms with Gasteiger partial charge in [0.25, 0.3) is 5.56 Å². The van der Waals surface area contributed by atoms with Crippen LogP contribution in [0.15, 0.2) is 16.9 Å². The van der Waals surface area contributed by atoms with E-state index in [-0.39, 0.29) is 5.56 Å². The van der Waals surface area contributed by atoms with Crippen molar-refractivity contribution in [1.29, 1.82) is 0 Å². The van der Waals surface area contributed by atoms with Gasteiger partial charge in [0.2, 0.25) is 0 Å². The molecule has 0 spiro atoms. The van der Waals surface area contributed by atoms with Crippen molar-refractivity contribution >= 4 is 33.8 Å². The number of allylic oxidation sites excluding steroid dienone is 1. The number of aryl methyl sites for hydroxylation is 1. The van der Waals surface area contributed by atoms with Gasteiger partial charge in [0.15, 0.2) is 4.77 Å². The van der Waals surface area contributed by atoms with Crippen LogP contribution in [0.25, 0.3) is 10.2 Å². The van der Waals surface area contributed by atoms with Gasteiger partial charge in [0, 0.05) is 11.4 Å². The number of nitrogens with one attached hydrogen (secondary N) is 1. The number of rotatable bonds is 2. The summed E-state index contributed by atoms with van der Waals surface area (Å²) in [5.41, 5.74) is 2.53. The molecule has 1 N–H and O–H groups in total. The van der Waals surface area contributed by atoms with E-state index in [1.165, 1.54) is 10.4 Å². The predicted molar refractivity (Wildman–Crippen MR) is 101 cm³/mol. The Labute approximate surface area is 146 Å². The van der Waals surface area contributed by atoms with Gasteiger partial charge in [-0.15, -0.1) is 11.3 Å². The molecule has 3 rings (SSSR count). The molecule has 0 saturated heterocycles. The Hall–Kier alpha value is -1.20. The van der Waals surface area contributed by atoms with Gasteiger partial charge in [0.05, 0.1) is 5.39 Å². The molecule has 0 bridgehead atoms. The summed E-state index contributed by atoms with van der Waals surface area (Å²) in [7, 11) is 0. The van der Waals surface area contributed by atoms with Gasteiger partial charge in [-0.3, -0.25) is 9.36 Å². The van der Waals surface area contributed by atoms with E-state index in [1.54, 1.807) is 15.9 Å². The maximum atomic E-state index is 12.9. The molecule has 0 amide bonds. The molecule has 0 saturated carbocycles. The zero-order valence-corrected chi connectivity index (χ0v) is 15.9. The second-order valence-corrected chi connectivity index (χ2v) is 9.28. The molecule has 1 atom stereocenters. The number of hydrogen-bond donors (Lipinski definition) is 1. The third kappa shape index (κ3) is 2.96. The number of aromatic nitrogens is 2. The van der Waals surface area contributed by atoms with Crippen LogP contribution in [0.3, 0.4) is 0 Å². The molecular formula is C18H24N2OS2. The first-order valence-electron chi connectivity index (χ1n) is 8.10. The summed E-state index contributed by atoms with van der Waals surface area (Å²) < 4.78 is 2.14. The molecule has 2 aromatic heterocycles. The Balaban J connectivity index is 2.16. The van der Waals surface area contributed by atoms with Crippen LogP contribution in [0.2, 0.25) is 0 Å². The van der Waals surface area contributed by atoms with Crippen LogP contribution in [-0.4, -0.2) is 9.55 Å². The molecule has 124 valence electrons. The summed E-state index contributed by atoms with van der Waals surface area (Å²) in [6.07, 6.45) is 3.21. The largest absolute Gasteiger partial charge is 0.323 e. The fraction of sp³-hybridized carbons (Fsp3) is 0.556. The van der Waals surface area contributed by atoms with Crippen molar-refractivity contribution < 1.29 is 0 Å². The lowest BCUT2D eigenvalue weighted by Gasteiger charge is -2.33. The van der Waals surface area contributed by atoms with E-state index in [4.69, 9.17) is 12.2 Å². The average Bonchev–Trinajstić information content (AvgIpc) is 2.79. The maximum Gasteiger partial charge on any atom is 0.263 e. The van der Waals surface area contributed by atoms with Crippen LogP contribution in [0.1, 0.15) is 44.6 Å². The lowest BCUT2D eigenvalue weighted by Crippen LogP contribution is -2.27. The molecule has 0 fully saturated rings. The number of aromatic amines is 1. The average molecular weight is 349 g/mol. The molecule has 5 heteroatoms. The van der Waals surface area contributed by atoms with Crippen molar-refractivity contribution in [2.45, 2.75) is 53.5 Å². The Bertz CT molecular complexity index is 893. The molecule has 2 aromatic rings. The van der Waals surface area contributed by atoms with E-state index >= 15 is 0 Å². The highest BCUT2D eigenvalue weighted by Gasteiger charge is 2.31. The van der Waals surface area contributed by atoms with Gasteiger partial charge in [0.1, 0.15) is 4.83 Å². The van der Waals surface area contributed by atoms with E-state index in [0.29, 0.717) is 22.6 Å². The first kappa shape index (κ1) is 16.7. The fourth-order valence-electron chi connectivity index (χ4n) is 3.44. The number of H-pyrrole nitrogens is 1. The first-order chi connectivity index (χ1) is 10.7. The summed E-state index contributed by atoms with van der Waals surface area (Å²) in [5, 5.41) is 0.854. The minimum Gasteiger partial charge on any atom is -0.323 e. The molecule has 0 radical (unpaired) electrons. The third-order valence-corrected chi connectivity index (χ3v) is 6.33. The molecule has 2 heterocycles. The standard InChI is InChI=1S/C18H24N2OS2/c1-10(2)9-20-16(21)14-12-7-6-11(18(3,4)5)8-13(12)23-15(14)19-17(20)22/h11H,1,6-9H2,2-5H3,(H,19,22). The zero-order chi connectivity index (χ0) is 16.9. The third-order valence-electron chi connectivity index (χ3n) is 4.84. The highest BCUT2D eigenvalue weighted by Crippen LogP contribution is 2.41. The van der Waals surface area contributed by atoms with Gasteiger partial charge in [-0.1, -0.05) is 32.9 Å². The summed E-state index contributed by atoms with van der Waals surface area (Å²) in [4.78, 5) is 18.5. The van der Waals surface area contributed by atoms with Crippen LogP contribution in [0.4, 0.5) is 0 Å². The van der Waals surface area contributed by atoms with Crippen LogP contribution in [-0.2, 0) is 19.4 Å². The summed E-state index contributed by atoms with van der Waals surface area (Å²) >= 11 is 7.10. The number of fused-ring (bicyclic) bond motifs is 3. The van der Waals surface area contributed by atoms with E-state index in [2.05, 4.69) is 32.3 Å². The topological polar surface area (TPSA) is 37.8 Å². The Morgan fingerprint density at radius 3 is 2.78 bits per heavy atom. The molecule has 1 unspecified atom stereocenters. The summed E-state index contributed by atoms with van der Waals surface area (Å²) in [6.45, 7) is 13.2. The molecular weight excluding hydrogens is 324 g/mol. The second kappa shape index (κ2) is 5.71. The minimum atomic E-state index is 0.0402. The number of hydrogen-bond acceptors (Lipinski definition) is 3. The van der Waals surface area contributed by atoms with E-state index < -0.39 is 0 Å². The van der Waals surface area contributed by atoms with E-state index in [1.807, 2.05) is 6.92 Å².